The Morgan fingerprint density at radius 2 is 1.62 bits per heavy atom. The molecule has 2 aromatic rings. The van der Waals surface area contributed by atoms with Crippen LogP contribution in [-0.2, 0) is 18.1 Å². The fourth-order valence-corrected chi connectivity index (χ4v) is 3.42. The molecule has 0 radical (unpaired) electrons. The van der Waals surface area contributed by atoms with E-state index < -0.39 is 38.5 Å². The number of benzene rings is 2. The molecule has 2 aromatic carbocycles. The van der Waals surface area contributed by atoms with E-state index in [2.05, 4.69) is 10.1 Å². The maximum Gasteiger partial charge on any atom is 0.260 e. The maximum absolute atomic E-state index is 12.3. The Morgan fingerprint density at radius 1 is 1.06 bits per heavy atom. The van der Waals surface area contributed by atoms with E-state index in [1.54, 1.807) is 18.2 Å². The van der Waals surface area contributed by atoms with Crippen LogP contribution < -0.4 is 15.0 Å². The molecule has 0 bridgehead atoms. The first-order valence-corrected chi connectivity index (χ1v) is 12.1. The summed E-state index contributed by atoms with van der Waals surface area (Å²) < 4.78 is 69.0. The predicted octanol–water partition coefficient (Wildman–Crippen LogP) is 0.750. The molecule has 2 unspecified atom stereocenters. The van der Waals surface area contributed by atoms with Crippen molar-refractivity contribution in [2.45, 2.75) is 19.5 Å². The molecule has 0 fully saturated rings. The number of nitrogens with one attached hydrogen (secondary N) is 2. The first kappa shape index (κ1) is 29.2. The van der Waals surface area contributed by atoms with Crippen LogP contribution in [0.3, 0.4) is 0 Å². The monoisotopic (exact) mass is 524 g/mol. The Balaban J connectivity index is 0.000000487. The molecule has 9 nitrogen and oxygen atoms in total. The molecule has 0 aliphatic carbocycles. The molecular formula is C19H24AsF3N2O7. The first-order chi connectivity index (χ1) is 14.8. The van der Waals surface area contributed by atoms with Gasteiger partial charge in [0.2, 0.25) is 12.5 Å². The van der Waals surface area contributed by atoms with E-state index in [0.717, 1.165) is 7.11 Å². The van der Waals surface area contributed by atoms with Crippen molar-refractivity contribution in [2.24, 2.45) is 0 Å². The number of carbonyl (C=O) groups excluding carboxylic acids is 2. The second kappa shape index (κ2) is 14.3. The normalized spacial score (nSPS) is 12.1. The fourth-order valence-electron chi connectivity index (χ4n) is 1.87. The number of para-hydroxylation sites is 1. The first-order valence-electron chi connectivity index (χ1n) is 8.73. The summed E-state index contributed by atoms with van der Waals surface area (Å²) in [6.45, 7) is 1.18. The number of hydrogen-bond donors (Lipinski definition) is 5. The molecule has 178 valence electrons. The SMILES string of the molecule is CC(=O)Nc1c(O)cccc1[As](=O)(O)O.CNC(=O)C(F)C(F)OC.Fc1ccccc1. The Morgan fingerprint density at radius 3 is 2.00 bits per heavy atom. The predicted molar refractivity (Wildman–Crippen MR) is 110 cm³/mol. The van der Waals surface area contributed by atoms with E-state index in [1.165, 1.54) is 44.3 Å². The molecule has 0 saturated heterocycles. The molecule has 0 saturated carbocycles. The number of halogens is 3. The molecule has 5 N–H and O–H groups in total. The van der Waals surface area contributed by atoms with Crippen molar-refractivity contribution < 1.29 is 44.5 Å². The van der Waals surface area contributed by atoms with Crippen molar-refractivity contribution in [2.75, 3.05) is 19.5 Å². The van der Waals surface area contributed by atoms with Gasteiger partial charge in [-0.25, -0.2) is 13.2 Å². The van der Waals surface area contributed by atoms with Crippen LogP contribution in [0.25, 0.3) is 0 Å². The van der Waals surface area contributed by atoms with Gasteiger partial charge in [-0.1, -0.05) is 18.2 Å². The van der Waals surface area contributed by atoms with Gasteiger partial charge in [0.15, 0.2) is 0 Å². The second-order valence-electron chi connectivity index (χ2n) is 5.79. The summed E-state index contributed by atoms with van der Waals surface area (Å²) in [4.78, 5) is 21.1. The molecule has 0 aliphatic heterocycles. The Bertz CT molecular complexity index is 913. The molecule has 0 heterocycles. The van der Waals surface area contributed by atoms with Gasteiger partial charge in [0.05, 0.1) is 0 Å². The van der Waals surface area contributed by atoms with Gasteiger partial charge < -0.3 is 10.1 Å². The molecule has 32 heavy (non-hydrogen) atoms. The van der Waals surface area contributed by atoms with Crippen molar-refractivity contribution in [1.29, 1.82) is 0 Å². The van der Waals surface area contributed by atoms with Crippen LogP contribution in [0.4, 0.5) is 18.9 Å². The molecule has 2 amide bonds. The van der Waals surface area contributed by atoms with Crippen LogP contribution in [0.5, 0.6) is 5.75 Å². The van der Waals surface area contributed by atoms with E-state index in [-0.39, 0.29) is 21.6 Å². The van der Waals surface area contributed by atoms with Crippen LogP contribution in [0, 0.1) is 5.82 Å². The number of anilines is 1. The van der Waals surface area contributed by atoms with Gasteiger partial charge in [-0.2, -0.15) is 0 Å². The Hall–Kier alpha value is -2.79. The Kier molecular flexibility index (Phi) is 13.1. The van der Waals surface area contributed by atoms with Crippen LogP contribution in [0.15, 0.2) is 48.5 Å². The van der Waals surface area contributed by atoms with Crippen LogP contribution in [-0.4, -0.2) is 66.0 Å². The topological polar surface area (TPSA) is 145 Å². The van der Waals surface area contributed by atoms with E-state index in [1.807, 2.05) is 5.32 Å². The third-order valence-corrected chi connectivity index (χ3v) is 5.42. The zero-order valence-electron chi connectivity index (χ0n) is 17.3. The number of aromatic hydroxyl groups is 1. The molecule has 2 atom stereocenters. The quantitative estimate of drug-likeness (QED) is 0.287. The fraction of sp³-hybridized carbons (Fsp3) is 0.263. The number of phenols is 1. The van der Waals surface area contributed by atoms with Crippen molar-refractivity contribution in [3.8, 4) is 5.75 Å². The summed E-state index contributed by atoms with van der Waals surface area (Å²) in [6, 6.07) is 11.6. The number of methoxy groups -OCH3 is 1. The zero-order chi connectivity index (χ0) is 24.9. The molecule has 0 spiro atoms. The van der Waals surface area contributed by atoms with Crippen LogP contribution in [0.2, 0.25) is 0 Å². The average molecular weight is 524 g/mol. The van der Waals surface area contributed by atoms with Gasteiger partial charge in [0.1, 0.15) is 5.82 Å². The van der Waals surface area contributed by atoms with E-state index in [0.29, 0.717) is 0 Å². The summed E-state index contributed by atoms with van der Waals surface area (Å²) in [6.07, 6.45) is -4.42. The number of amides is 2. The van der Waals surface area contributed by atoms with E-state index >= 15 is 0 Å². The van der Waals surface area contributed by atoms with Gasteiger partial charge in [-0.3, -0.25) is 4.79 Å². The summed E-state index contributed by atoms with van der Waals surface area (Å²) in [5, 5.41) is 13.5. The van der Waals surface area contributed by atoms with Crippen LogP contribution >= 0.6 is 0 Å². The minimum Gasteiger partial charge on any atom is -0.356 e. The minimum absolute atomic E-state index is 0.178. The molecular weight excluding hydrogens is 500 g/mol. The molecule has 13 heteroatoms. The van der Waals surface area contributed by atoms with E-state index in [9.17, 15) is 31.6 Å². The summed E-state index contributed by atoms with van der Waals surface area (Å²) >= 11 is -5.14. The van der Waals surface area contributed by atoms with Crippen molar-refractivity contribution in [1.82, 2.24) is 5.32 Å². The van der Waals surface area contributed by atoms with Crippen molar-refractivity contribution >= 4 is 36.0 Å². The van der Waals surface area contributed by atoms with Gasteiger partial charge in [-0.05, 0) is 12.1 Å². The Labute approximate surface area is 185 Å². The maximum atomic E-state index is 12.3. The summed E-state index contributed by atoms with van der Waals surface area (Å²) in [5.74, 6) is -2.08. The minimum atomic E-state index is -5.14. The average Bonchev–Trinajstić information content (AvgIpc) is 2.73. The van der Waals surface area contributed by atoms with Gasteiger partial charge in [-0.15, -0.1) is 0 Å². The number of alkyl halides is 2. The third-order valence-electron chi connectivity index (χ3n) is 3.32. The molecule has 0 aromatic heterocycles. The van der Waals surface area contributed by atoms with Crippen molar-refractivity contribution in [3.05, 3.63) is 54.3 Å². The third kappa shape index (κ3) is 11.0. The number of carbonyl (C=O) groups is 2. The number of rotatable bonds is 5. The second-order valence-corrected chi connectivity index (χ2v) is 9.09. The zero-order valence-corrected chi connectivity index (χ0v) is 19.2. The molecule has 0 aliphatic rings. The van der Waals surface area contributed by atoms with Crippen molar-refractivity contribution in [3.63, 3.8) is 0 Å². The van der Waals surface area contributed by atoms with Crippen LogP contribution in [0.1, 0.15) is 6.92 Å². The number of phenolic OH excluding ortho intramolecular Hbond substituents is 1. The standard InChI is InChI=1S/C8H10AsNO5.C6H5F.C5H9F2NO2/c1-5(11)10-8-6(9(13,14)15)3-2-4-7(8)12;7-6-4-2-1-3-5-6;1-8-5(9)3(6)4(7)10-2/h2-4,12H,1H3,(H,10,11)(H2,13,14,15);1-5H;3-4H,1-2H3,(H,8,9). The number of ether oxygens (including phenoxy) is 1. The number of hydrogen-bond acceptors (Lipinski definition) is 5. The smallest absolute Gasteiger partial charge is 0.260 e. The largest absolute Gasteiger partial charge is 0.356 e. The van der Waals surface area contributed by atoms with Gasteiger partial charge in [0, 0.05) is 14.2 Å². The van der Waals surface area contributed by atoms with E-state index in [4.69, 9.17) is 8.19 Å². The summed E-state index contributed by atoms with van der Waals surface area (Å²) in [5.41, 5.74) is -0.225. The van der Waals surface area contributed by atoms with Gasteiger partial charge >= 0.3 is 88.1 Å². The molecule has 2 rings (SSSR count). The summed E-state index contributed by atoms with van der Waals surface area (Å²) in [7, 11) is 2.21. The van der Waals surface area contributed by atoms with Gasteiger partial charge in [0.25, 0.3) is 5.91 Å².